The van der Waals surface area contributed by atoms with Crippen LogP contribution < -0.4 is 0 Å². The molecule has 0 aromatic rings. The predicted octanol–water partition coefficient (Wildman–Crippen LogP) is 1.86. The first-order chi connectivity index (χ1) is 8.10. The van der Waals surface area contributed by atoms with Crippen LogP contribution in [0.2, 0.25) is 0 Å². The SMILES string of the molecule is [N-]=[N+]=NCC(CN=[N+]=[N-])(CN=[N+]=[N-])O[N+](=O)[O-]. The van der Waals surface area contributed by atoms with Crippen LogP contribution >= 0.6 is 0 Å². The van der Waals surface area contributed by atoms with Gasteiger partial charge in [0.05, 0.1) is 19.6 Å². The van der Waals surface area contributed by atoms with Crippen LogP contribution in [0.3, 0.4) is 0 Å². The van der Waals surface area contributed by atoms with Crippen molar-refractivity contribution in [1.82, 2.24) is 0 Å². The molecule has 0 bridgehead atoms. The first kappa shape index (κ1) is 14.1. The molecule has 90 valence electrons. The van der Waals surface area contributed by atoms with Gasteiger partial charge in [-0.15, -0.1) is 10.1 Å². The molecule has 0 aromatic heterocycles. The van der Waals surface area contributed by atoms with E-state index >= 15 is 0 Å². The van der Waals surface area contributed by atoms with Gasteiger partial charge in [-0.2, -0.15) is 0 Å². The number of hydrogen-bond donors (Lipinski definition) is 0. The normalized spacial score (nSPS) is 12.0. The summed E-state index contributed by atoms with van der Waals surface area (Å²) >= 11 is 0. The van der Waals surface area contributed by atoms with Crippen molar-refractivity contribution in [3.63, 3.8) is 0 Å². The van der Waals surface area contributed by atoms with E-state index in [0.717, 1.165) is 0 Å². The molecule has 0 atom stereocenters. The number of rotatable bonds is 8. The Morgan fingerprint density at radius 3 is 1.65 bits per heavy atom. The van der Waals surface area contributed by atoms with Crippen molar-refractivity contribution in [2.75, 3.05) is 19.6 Å². The molecule has 0 saturated heterocycles. The first-order valence-electron chi connectivity index (χ1n) is 3.96. The second-order valence-electron chi connectivity index (χ2n) is 2.66. The summed E-state index contributed by atoms with van der Waals surface area (Å²) < 4.78 is 0. The van der Waals surface area contributed by atoms with Gasteiger partial charge in [-0.1, -0.05) is 15.3 Å². The fourth-order valence-corrected chi connectivity index (χ4v) is 0.876. The molecule has 0 spiro atoms. The van der Waals surface area contributed by atoms with Crippen LogP contribution in [0.4, 0.5) is 0 Å². The highest BCUT2D eigenvalue weighted by atomic mass is 17.0. The topological polar surface area (TPSA) is 199 Å². The lowest BCUT2D eigenvalue weighted by Gasteiger charge is -2.25. The van der Waals surface area contributed by atoms with Crippen LogP contribution in [-0.4, -0.2) is 30.3 Å². The molecule has 0 radical (unpaired) electrons. The second-order valence-corrected chi connectivity index (χ2v) is 2.66. The quantitative estimate of drug-likeness (QED) is 0.206. The van der Waals surface area contributed by atoms with Gasteiger partial charge in [-0.3, -0.25) is 0 Å². The summed E-state index contributed by atoms with van der Waals surface area (Å²) in [6.07, 6.45) is 0. The maximum atomic E-state index is 10.3. The van der Waals surface area contributed by atoms with Crippen LogP contribution in [0.15, 0.2) is 15.3 Å². The van der Waals surface area contributed by atoms with E-state index in [4.69, 9.17) is 16.6 Å². The van der Waals surface area contributed by atoms with E-state index in [-0.39, 0.29) is 0 Å². The molecule has 0 unspecified atom stereocenters. The van der Waals surface area contributed by atoms with Gasteiger partial charge in [-0.05, 0) is 16.6 Å². The van der Waals surface area contributed by atoms with E-state index < -0.39 is 30.3 Å². The van der Waals surface area contributed by atoms with E-state index in [0.29, 0.717) is 0 Å². The van der Waals surface area contributed by atoms with E-state index in [1.807, 2.05) is 0 Å². The van der Waals surface area contributed by atoms with Crippen LogP contribution in [0, 0.1) is 10.1 Å². The van der Waals surface area contributed by atoms with Gasteiger partial charge in [0.1, 0.15) is 5.60 Å². The zero-order valence-electron chi connectivity index (χ0n) is 8.32. The van der Waals surface area contributed by atoms with Crippen molar-refractivity contribution in [1.29, 1.82) is 0 Å². The molecule has 0 aliphatic carbocycles. The Hall–Kier alpha value is -2.87. The molecule has 0 aliphatic rings. The summed E-state index contributed by atoms with van der Waals surface area (Å²) in [5, 5.41) is 18.4. The van der Waals surface area contributed by atoms with Crippen molar-refractivity contribution in [2.24, 2.45) is 15.3 Å². The zero-order chi connectivity index (χ0) is 13.1. The van der Waals surface area contributed by atoms with Gasteiger partial charge < -0.3 is 4.84 Å². The van der Waals surface area contributed by atoms with Crippen molar-refractivity contribution in [3.8, 4) is 0 Å². The maximum Gasteiger partial charge on any atom is 0.295 e. The lowest BCUT2D eigenvalue weighted by molar-refractivity contribution is -0.778. The highest BCUT2D eigenvalue weighted by Gasteiger charge is 2.33. The molecule has 0 aliphatic heterocycles. The highest BCUT2D eigenvalue weighted by Crippen LogP contribution is 2.15. The van der Waals surface area contributed by atoms with Gasteiger partial charge in [0, 0.05) is 14.7 Å². The third-order valence-corrected chi connectivity index (χ3v) is 1.53. The molecule has 0 aromatic carbocycles. The Morgan fingerprint density at radius 1 is 1.06 bits per heavy atom. The summed E-state index contributed by atoms with van der Waals surface area (Å²) in [6.45, 7) is -1.53. The molecule has 0 saturated carbocycles. The Morgan fingerprint density at radius 2 is 1.41 bits per heavy atom. The smallest absolute Gasteiger partial charge is 0.295 e. The van der Waals surface area contributed by atoms with E-state index in [1.54, 1.807) is 0 Å². The average Bonchev–Trinajstić information content (AvgIpc) is 2.30. The Labute approximate surface area is 93.0 Å². The van der Waals surface area contributed by atoms with Gasteiger partial charge >= 0.3 is 0 Å². The Balaban J connectivity index is 5.13. The van der Waals surface area contributed by atoms with Crippen LogP contribution in [0.5, 0.6) is 0 Å². The highest BCUT2D eigenvalue weighted by molar-refractivity contribution is 4.87. The van der Waals surface area contributed by atoms with Gasteiger partial charge in [-0.25, -0.2) is 0 Å². The van der Waals surface area contributed by atoms with Crippen LogP contribution in [-0.2, 0) is 4.84 Å². The summed E-state index contributed by atoms with van der Waals surface area (Å²) in [5.74, 6) is 0. The van der Waals surface area contributed by atoms with Crippen molar-refractivity contribution >= 4 is 0 Å². The Bertz CT molecular complexity index is 354. The minimum atomic E-state index is -1.78. The molecule has 17 heavy (non-hydrogen) atoms. The fraction of sp³-hybridized carbons (Fsp3) is 1.00. The molecular weight excluding hydrogens is 236 g/mol. The van der Waals surface area contributed by atoms with Crippen LogP contribution in [0.25, 0.3) is 31.3 Å². The molecule has 0 rings (SSSR count). The second kappa shape index (κ2) is 7.43. The largest absolute Gasteiger partial charge is 0.307 e. The van der Waals surface area contributed by atoms with Crippen LogP contribution in [0.1, 0.15) is 0 Å². The summed E-state index contributed by atoms with van der Waals surface area (Å²) in [5.41, 5.74) is 22.6. The fourth-order valence-electron chi connectivity index (χ4n) is 0.876. The molecule has 0 N–H and O–H groups in total. The first-order valence-corrected chi connectivity index (χ1v) is 3.96. The molecule has 0 fully saturated rings. The van der Waals surface area contributed by atoms with E-state index in [2.05, 4.69) is 34.9 Å². The van der Waals surface area contributed by atoms with Crippen molar-refractivity contribution < 1.29 is 9.92 Å². The number of azide groups is 3. The minimum absolute atomic E-state index is 0.511. The lowest BCUT2D eigenvalue weighted by Crippen LogP contribution is -2.44. The standard InChI is InChI=1S/C4H6N10O3/c5-11-8-1-4(2-9-12-6,3-10-13-7)17-14(15)16/h1-3H2. The van der Waals surface area contributed by atoms with Gasteiger partial charge in [0.25, 0.3) is 5.09 Å². The minimum Gasteiger partial charge on any atom is -0.307 e. The maximum absolute atomic E-state index is 10.3. The van der Waals surface area contributed by atoms with E-state index in [9.17, 15) is 10.1 Å². The zero-order valence-corrected chi connectivity index (χ0v) is 8.32. The summed E-state index contributed by atoms with van der Waals surface area (Å²) in [7, 11) is 0. The van der Waals surface area contributed by atoms with Gasteiger partial charge in [0.15, 0.2) is 0 Å². The summed E-state index contributed by atoms with van der Waals surface area (Å²) in [6, 6.07) is 0. The summed E-state index contributed by atoms with van der Waals surface area (Å²) in [4.78, 5) is 21.7. The monoisotopic (exact) mass is 242 g/mol. The van der Waals surface area contributed by atoms with Crippen molar-refractivity contribution in [3.05, 3.63) is 41.4 Å². The molecule has 0 heterocycles. The molecular formula is C4H6N10O3. The Kier molecular flexibility index (Phi) is 6.17. The van der Waals surface area contributed by atoms with E-state index in [1.165, 1.54) is 0 Å². The van der Waals surface area contributed by atoms with Crippen molar-refractivity contribution in [2.45, 2.75) is 5.60 Å². The molecule has 13 heteroatoms. The van der Waals surface area contributed by atoms with Gasteiger partial charge in [0.2, 0.25) is 0 Å². The third-order valence-electron chi connectivity index (χ3n) is 1.53. The average molecular weight is 242 g/mol. The number of hydrogen-bond acceptors (Lipinski definition) is 6. The predicted molar refractivity (Wildman–Crippen MR) is 52.8 cm³/mol. The molecule has 13 nitrogen and oxygen atoms in total. The third kappa shape index (κ3) is 5.54. The number of nitrogens with zero attached hydrogens (tertiary/aromatic N) is 10. The lowest BCUT2D eigenvalue weighted by atomic mass is 10.1. The molecule has 0 amide bonds.